The zero-order valence-electron chi connectivity index (χ0n) is 13.1. The van der Waals surface area contributed by atoms with E-state index in [9.17, 15) is 4.79 Å². The van der Waals surface area contributed by atoms with Crippen LogP contribution in [0.15, 0.2) is 30.3 Å². The number of benzene rings is 1. The molecule has 0 aliphatic carbocycles. The Morgan fingerprint density at radius 3 is 2.91 bits per heavy atom. The third kappa shape index (κ3) is 4.98. The van der Waals surface area contributed by atoms with Crippen LogP contribution in [0.2, 0.25) is 0 Å². The third-order valence-electron chi connectivity index (χ3n) is 3.86. The van der Waals surface area contributed by atoms with Gasteiger partial charge in [0.15, 0.2) is 5.11 Å². The summed E-state index contributed by atoms with van der Waals surface area (Å²) in [4.78, 5) is 13.9. The molecule has 120 valence electrons. The van der Waals surface area contributed by atoms with E-state index in [4.69, 9.17) is 17.0 Å². The van der Waals surface area contributed by atoms with Crippen LogP contribution in [0, 0.1) is 5.92 Å². The Kier molecular flexibility index (Phi) is 6.65. The van der Waals surface area contributed by atoms with E-state index in [1.807, 2.05) is 25.1 Å². The van der Waals surface area contributed by atoms with Gasteiger partial charge in [-0.1, -0.05) is 30.3 Å². The zero-order chi connectivity index (χ0) is 15.8. The smallest absolute Gasteiger partial charge is 0.310 e. The van der Waals surface area contributed by atoms with Gasteiger partial charge in [0.1, 0.15) is 0 Å². The molecule has 1 aromatic rings. The van der Waals surface area contributed by atoms with Crippen molar-refractivity contribution in [1.29, 1.82) is 0 Å². The lowest BCUT2D eigenvalue weighted by Gasteiger charge is -2.33. The summed E-state index contributed by atoms with van der Waals surface area (Å²) in [6.07, 6.45) is 2.81. The van der Waals surface area contributed by atoms with Crippen molar-refractivity contribution in [3.05, 3.63) is 35.9 Å². The van der Waals surface area contributed by atoms with Crippen LogP contribution in [0.1, 0.15) is 25.3 Å². The summed E-state index contributed by atoms with van der Waals surface area (Å²) < 4.78 is 5.12. The third-order valence-corrected chi connectivity index (χ3v) is 4.26. The Morgan fingerprint density at radius 1 is 1.41 bits per heavy atom. The maximum absolute atomic E-state index is 11.9. The first-order valence-electron chi connectivity index (χ1n) is 7.94. The van der Waals surface area contributed by atoms with Crippen molar-refractivity contribution < 1.29 is 9.53 Å². The molecule has 1 fully saturated rings. The van der Waals surface area contributed by atoms with Crippen molar-refractivity contribution in [2.45, 2.75) is 26.2 Å². The number of esters is 1. The van der Waals surface area contributed by atoms with E-state index in [0.717, 1.165) is 37.5 Å². The number of hydrogen-bond acceptors (Lipinski definition) is 3. The second-order valence-electron chi connectivity index (χ2n) is 5.50. The molecular weight excluding hydrogens is 296 g/mol. The fraction of sp³-hybridized carbons (Fsp3) is 0.529. The molecule has 22 heavy (non-hydrogen) atoms. The molecule has 1 N–H and O–H groups in total. The van der Waals surface area contributed by atoms with Gasteiger partial charge in [0.25, 0.3) is 0 Å². The van der Waals surface area contributed by atoms with E-state index in [-0.39, 0.29) is 11.9 Å². The number of carbonyl (C=O) groups is 1. The van der Waals surface area contributed by atoms with Gasteiger partial charge in [0, 0.05) is 19.6 Å². The van der Waals surface area contributed by atoms with Crippen molar-refractivity contribution in [3.63, 3.8) is 0 Å². The number of hydrogen-bond donors (Lipinski definition) is 1. The maximum atomic E-state index is 11.9. The second kappa shape index (κ2) is 8.73. The Balaban J connectivity index is 1.75. The average molecular weight is 320 g/mol. The molecule has 1 aliphatic heterocycles. The molecule has 0 radical (unpaired) electrons. The Bertz CT molecular complexity index is 493. The van der Waals surface area contributed by atoms with Crippen LogP contribution in [-0.4, -0.2) is 42.2 Å². The monoisotopic (exact) mass is 320 g/mol. The molecule has 5 heteroatoms. The molecule has 1 aromatic carbocycles. The predicted molar refractivity (Wildman–Crippen MR) is 91.7 cm³/mol. The zero-order valence-corrected chi connectivity index (χ0v) is 13.9. The molecule has 0 bridgehead atoms. The number of nitrogens with zero attached hydrogens (tertiary/aromatic N) is 1. The van der Waals surface area contributed by atoms with Crippen LogP contribution in [0.3, 0.4) is 0 Å². The van der Waals surface area contributed by atoms with Crippen LogP contribution >= 0.6 is 12.2 Å². The van der Waals surface area contributed by atoms with Gasteiger partial charge >= 0.3 is 5.97 Å². The highest BCUT2D eigenvalue weighted by atomic mass is 32.1. The Morgan fingerprint density at radius 2 is 2.18 bits per heavy atom. The van der Waals surface area contributed by atoms with Crippen molar-refractivity contribution in [1.82, 2.24) is 10.2 Å². The average Bonchev–Trinajstić information content (AvgIpc) is 2.56. The lowest BCUT2D eigenvalue weighted by atomic mass is 9.98. The predicted octanol–water partition coefficient (Wildman–Crippen LogP) is 2.38. The minimum absolute atomic E-state index is 0.0532. The van der Waals surface area contributed by atoms with Gasteiger partial charge in [-0.2, -0.15) is 0 Å². The fourth-order valence-electron chi connectivity index (χ4n) is 2.68. The van der Waals surface area contributed by atoms with Gasteiger partial charge in [-0.05, 0) is 44.0 Å². The topological polar surface area (TPSA) is 41.6 Å². The highest BCUT2D eigenvalue weighted by Gasteiger charge is 2.27. The summed E-state index contributed by atoms with van der Waals surface area (Å²) in [6, 6.07) is 10.3. The van der Waals surface area contributed by atoms with Crippen LogP contribution < -0.4 is 5.32 Å². The minimum atomic E-state index is -0.0979. The van der Waals surface area contributed by atoms with E-state index >= 15 is 0 Å². The van der Waals surface area contributed by atoms with Crippen molar-refractivity contribution in [2.24, 2.45) is 5.92 Å². The first-order valence-corrected chi connectivity index (χ1v) is 8.35. The maximum Gasteiger partial charge on any atom is 0.310 e. The molecule has 2 rings (SSSR count). The molecule has 1 atom stereocenters. The van der Waals surface area contributed by atoms with Crippen molar-refractivity contribution in [2.75, 3.05) is 26.2 Å². The highest BCUT2D eigenvalue weighted by molar-refractivity contribution is 7.80. The SMILES string of the molecule is CCOC(=O)[C@@H]1CCCN(C(=S)NCCc2ccccc2)C1. The molecule has 4 nitrogen and oxygen atoms in total. The van der Waals surface area contributed by atoms with Crippen LogP contribution in [-0.2, 0) is 16.0 Å². The quantitative estimate of drug-likeness (QED) is 0.666. The fourth-order valence-corrected chi connectivity index (χ4v) is 2.95. The Labute approximate surface area is 137 Å². The lowest BCUT2D eigenvalue weighted by Crippen LogP contribution is -2.47. The number of thiocarbonyl (C=S) groups is 1. The summed E-state index contributed by atoms with van der Waals surface area (Å²) in [5.74, 6) is -0.151. The largest absolute Gasteiger partial charge is 0.466 e. The number of rotatable bonds is 5. The minimum Gasteiger partial charge on any atom is -0.466 e. The molecule has 0 amide bonds. The second-order valence-corrected chi connectivity index (χ2v) is 5.89. The first-order chi connectivity index (χ1) is 10.7. The van der Waals surface area contributed by atoms with Crippen molar-refractivity contribution >= 4 is 23.3 Å². The summed E-state index contributed by atoms with van der Waals surface area (Å²) in [5, 5.41) is 4.04. The van der Waals surface area contributed by atoms with Gasteiger partial charge in [0.2, 0.25) is 0 Å². The van der Waals surface area contributed by atoms with Gasteiger partial charge in [-0.15, -0.1) is 0 Å². The van der Waals surface area contributed by atoms with E-state index < -0.39 is 0 Å². The number of nitrogens with one attached hydrogen (secondary N) is 1. The normalized spacial score (nSPS) is 17.9. The number of likely N-dealkylation sites (tertiary alicyclic amines) is 1. The molecule has 0 aromatic heterocycles. The number of ether oxygens (including phenoxy) is 1. The first kappa shape index (κ1) is 16.7. The van der Waals surface area contributed by atoms with Crippen molar-refractivity contribution in [3.8, 4) is 0 Å². The van der Waals surface area contributed by atoms with Gasteiger partial charge < -0.3 is 15.0 Å². The molecular formula is C17H24N2O2S. The van der Waals surface area contributed by atoms with E-state index in [2.05, 4.69) is 22.3 Å². The summed E-state index contributed by atoms with van der Waals surface area (Å²) >= 11 is 5.46. The summed E-state index contributed by atoms with van der Waals surface area (Å²) in [6.45, 7) is 4.66. The van der Waals surface area contributed by atoms with E-state index in [0.29, 0.717) is 13.2 Å². The number of piperidine rings is 1. The lowest BCUT2D eigenvalue weighted by molar-refractivity contribution is -0.149. The van der Waals surface area contributed by atoms with Crippen LogP contribution in [0.25, 0.3) is 0 Å². The van der Waals surface area contributed by atoms with E-state index in [1.54, 1.807) is 0 Å². The summed E-state index contributed by atoms with van der Waals surface area (Å²) in [7, 11) is 0. The standard InChI is InChI=1S/C17H24N2O2S/c1-2-21-16(20)15-9-6-12-19(13-15)17(22)18-11-10-14-7-4-3-5-8-14/h3-5,7-8,15H,2,6,9-13H2,1H3,(H,18,22)/t15-/m1/s1. The van der Waals surface area contributed by atoms with E-state index in [1.165, 1.54) is 5.56 Å². The Hall–Kier alpha value is -1.62. The van der Waals surface area contributed by atoms with Gasteiger partial charge in [-0.25, -0.2) is 0 Å². The molecule has 0 saturated carbocycles. The highest BCUT2D eigenvalue weighted by Crippen LogP contribution is 2.18. The molecule has 1 aliphatic rings. The molecule has 1 heterocycles. The van der Waals surface area contributed by atoms with Gasteiger partial charge in [-0.3, -0.25) is 4.79 Å². The van der Waals surface area contributed by atoms with Gasteiger partial charge in [0.05, 0.1) is 12.5 Å². The number of carbonyl (C=O) groups excluding carboxylic acids is 1. The molecule has 0 unspecified atom stereocenters. The van der Waals surface area contributed by atoms with Crippen LogP contribution in [0.5, 0.6) is 0 Å². The molecule has 1 saturated heterocycles. The summed E-state index contributed by atoms with van der Waals surface area (Å²) in [5.41, 5.74) is 1.29. The molecule has 0 spiro atoms. The van der Waals surface area contributed by atoms with Crippen LogP contribution in [0.4, 0.5) is 0 Å².